The van der Waals surface area contributed by atoms with E-state index in [-0.39, 0.29) is 12.0 Å². The summed E-state index contributed by atoms with van der Waals surface area (Å²) in [6, 6.07) is 6.02. The van der Waals surface area contributed by atoms with Gasteiger partial charge in [-0.3, -0.25) is 0 Å². The Labute approximate surface area is 121 Å². The van der Waals surface area contributed by atoms with E-state index < -0.39 is 0 Å². The van der Waals surface area contributed by atoms with E-state index >= 15 is 0 Å². The van der Waals surface area contributed by atoms with Gasteiger partial charge >= 0.3 is 0 Å². The van der Waals surface area contributed by atoms with Crippen LogP contribution in [0.15, 0.2) is 18.2 Å². The molecular weight excluding hydrogens is 254 g/mol. The van der Waals surface area contributed by atoms with Crippen LogP contribution in [0.1, 0.15) is 32.3 Å². The first-order chi connectivity index (χ1) is 9.62. The second kappa shape index (κ2) is 6.95. The number of hydrogen-bond acceptors (Lipinski definition) is 4. The Morgan fingerprint density at radius 1 is 1.25 bits per heavy atom. The van der Waals surface area contributed by atoms with Crippen LogP contribution in [0.2, 0.25) is 0 Å². The van der Waals surface area contributed by atoms with Gasteiger partial charge in [0, 0.05) is 25.3 Å². The number of para-hydroxylation sites is 1. The summed E-state index contributed by atoms with van der Waals surface area (Å²) in [7, 11) is 0. The first kappa shape index (κ1) is 15.1. The van der Waals surface area contributed by atoms with Crippen LogP contribution in [0, 0.1) is 5.41 Å². The Morgan fingerprint density at radius 2 is 2.05 bits per heavy atom. The van der Waals surface area contributed by atoms with Gasteiger partial charge < -0.3 is 19.9 Å². The largest absolute Gasteiger partial charge is 0.486 e. The highest BCUT2D eigenvalue weighted by atomic mass is 16.6. The molecule has 1 aliphatic rings. The lowest BCUT2D eigenvalue weighted by atomic mass is 9.88. The molecule has 0 amide bonds. The molecule has 0 radical (unpaired) electrons. The van der Waals surface area contributed by atoms with E-state index in [2.05, 4.69) is 25.2 Å². The number of fused-ring (bicyclic) bond motifs is 1. The summed E-state index contributed by atoms with van der Waals surface area (Å²) >= 11 is 0. The molecule has 4 nitrogen and oxygen atoms in total. The van der Waals surface area contributed by atoms with Gasteiger partial charge in [0.2, 0.25) is 0 Å². The first-order valence-corrected chi connectivity index (χ1v) is 7.31. The molecular formula is C16H25NO3. The molecule has 0 aromatic heterocycles. The zero-order chi connectivity index (χ0) is 14.4. The lowest BCUT2D eigenvalue weighted by Gasteiger charge is -2.26. The summed E-state index contributed by atoms with van der Waals surface area (Å²) < 4.78 is 11.3. The topological polar surface area (TPSA) is 50.7 Å². The minimum atomic E-state index is 0.189. The van der Waals surface area contributed by atoms with E-state index in [0.717, 1.165) is 43.0 Å². The molecule has 2 rings (SSSR count). The maximum absolute atomic E-state index is 8.91. The molecule has 0 aliphatic carbocycles. The first-order valence-electron chi connectivity index (χ1n) is 7.31. The lowest BCUT2D eigenvalue weighted by Crippen LogP contribution is -2.29. The van der Waals surface area contributed by atoms with Crippen LogP contribution < -0.4 is 14.8 Å². The Bertz CT molecular complexity index is 432. The lowest BCUT2D eigenvalue weighted by molar-refractivity contribution is 0.169. The van der Waals surface area contributed by atoms with Crippen molar-refractivity contribution in [2.24, 2.45) is 5.41 Å². The van der Waals surface area contributed by atoms with Crippen molar-refractivity contribution in [2.75, 3.05) is 26.4 Å². The second-order valence-electron chi connectivity index (χ2n) is 6.04. The zero-order valence-corrected chi connectivity index (χ0v) is 12.4. The van der Waals surface area contributed by atoms with Crippen LogP contribution in [-0.2, 0) is 6.54 Å². The highest BCUT2D eigenvalue weighted by molar-refractivity contribution is 5.47. The van der Waals surface area contributed by atoms with E-state index in [1.807, 2.05) is 12.1 Å². The molecule has 0 saturated carbocycles. The Kier molecular flexibility index (Phi) is 5.26. The number of ether oxygens (including phenoxy) is 2. The summed E-state index contributed by atoms with van der Waals surface area (Å²) in [5.74, 6) is 1.72. The molecule has 1 heterocycles. The molecule has 1 aromatic carbocycles. The molecule has 0 bridgehead atoms. The average Bonchev–Trinajstić information content (AvgIpc) is 2.45. The Hall–Kier alpha value is -1.26. The SMILES string of the molecule is CC(C)(CCCO)CNCc1cccc2c1OCCO2. The summed E-state index contributed by atoms with van der Waals surface area (Å²) in [5.41, 5.74) is 1.33. The number of aliphatic hydroxyl groups excluding tert-OH is 1. The summed E-state index contributed by atoms with van der Waals surface area (Å²) in [4.78, 5) is 0. The van der Waals surface area contributed by atoms with E-state index in [1.165, 1.54) is 0 Å². The van der Waals surface area contributed by atoms with Gasteiger partial charge in [0.05, 0.1) is 0 Å². The number of benzene rings is 1. The number of hydrogen-bond donors (Lipinski definition) is 2. The van der Waals surface area contributed by atoms with Crippen molar-refractivity contribution in [1.82, 2.24) is 5.32 Å². The van der Waals surface area contributed by atoms with Gasteiger partial charge in [-0.05, 0) is 24.3 Å². The molecule has 0 fully saturated rings. The normalized spacial score (nSPS) is 14.3. The van der Waals surface area contributed by atoms with E-state index in [1.54, 1.807) is 0 Å². The molecule has 0 spiro atoms. The third-order valence-electron chi connectivity index (χ3n) is 3.58. The fraction of sp³-hybridized carbons (Fsp3) is 0.625. The van der Waals surface area contributed by atoms with Gasteiger partial charge in [-0.1, -0.05) is 26.0 Å². The van der Waals surface area contributed by atoms with Crippen LogP contribution in [0.25, 0.3) is 0 Å². The van der Waals surface area contributed by atoms with E-state index in [9.17, 15) is 0 Å². The monoisotopic (exact) mass is 279 g/mol. The van der Waals surface area contributed by atoms with Gasteiger partial charge in [-0.25, -0.2) is 0 Å². The van der Waals surface area contributed by atoms with Crippen molar-refractivity contribution in [2.45, 2.75) is 33.2 Å². The fourth-order valence-electron chi connectivity index (χ4n) is 2.45. The molecule has 0 unspecified atom stereocenters. The van der Waals surface area contributed by atoms with Crippen LogP contribution in [-0.4, -0.2) is 31.5 Å². The molecule has 4 heteroatoms. The van der Waals surface area contributed by atoms with Crippen molar-refractivity contribution in [1.29, 1.82) is 0 Å². The quantitative estimate of drug-likeness (QED) is 0.804. The van der Waals surface area contributed by atoms with E-state index in [0.29, 0.717) is 13.2 Å². The van der Waals surface area contributed by atoms with Gasteiger partial charge in [0.15, 0.2) is 11.5 Å². The zero-order valence-electron chi connectivity index (χ0n) is 12.4. The second-order valence-corrected chi connectivity index (χ2v) is 6.04. The fourth-order valence-corrected chi connectivity index (χ4v) is 2.45. The van der Waals surface area contributed by atoms with Crippen LogP contribution in [0.3, 0.4) is 0 Å². The molecule has 1 aromatic rings. The Balaban J connectivity index is 1.88. The van der Waals surface area contributed by atoms with Crippen molar-refractivity contribution in [3.63, 3.8) is 0 Å². The maximum Gasteiger partial charge on any atom is 0.165 e. The maximum atomic E-state index is 8.91. The molecule has 20 heavy (non-hydrogen) atoms. The molecule has 2 N–H and O–H groups in total. The van der Waals surface area contributed by atoms with Gasteiger partial charge in [0.25, 0.3) is 0 Å². The van der Waals surface area contributed by atoms with Gasteiger partial charge in [-0.15, -0.1) is 0 Å². The van der Waals surface area contributed by atoms with Gasteiger partial charge in [0.1, 0.15) is 13.2 Å². The minimum absolute atomic E-state index is 0.189. The molecule has 1 aliphatic heterocycles. The minimum Gasteiger partial charge on any atom is -0.486 e. The predicted octanol–water partition coefficient (Wildman–Crippen LogP) is 2.35. The van der Waals surface area contributed by atoms with Crippen LogP contribution in [0.4, 0.5) is 0 Å². The van der Waals surface area contributed by atoms with Gasteiger partial charge in [-0.2, -0.15) is 0 Å². The van der Waals surface area contributed by atoms with Crippen molar-refractivity contribution >= 4 is 0 Å². The average molecular weight is 279 g/mol. The highest BCUT2D eigenvalue weighted by Gasteiger charge is 2.18. The summed E-state index contributed by atoms with van der Waals surface area (Å²) in [6.07, 6.45) is 1.87. The van der Waals surface area contributed by atoms with Crippen molar-refractivity contribution in [3.05, 3.63) is 23.8 Å². The van der Waals surface area contributed by atoms with Crippen molar-refractivity contribution in [3.8, 4) is 11.5 Å². The van der Waals surface area contributed by atoms with Crippen molar-refractivity contribution < 1.29 is 14.6 Å². The van der Waals surface area contributed by atoms with Crippen LogP contribution in [0.5, 0.6) is 11.5 Å². The molecule has 0 saturated heterocycles. The Morgan fingerprint density at radius 3 is 2.85 bits per heavy atom. The predicted molar refractivity (Wildman–Crippen MR) is 79.2 cm³/mol. The third-order valence-corrected chi connectivity index (χ3v) is 3.58. The highest BCUT2D eigenvalue weighted by Crippen LogP contribution is 2.33. The molecule has 0 atom stereocenters. The summed E-state index contributed by atoms with van der Waals surface area (Å²) in [6.45, 7) is 7.63. The number of nitrogens with one attached hydrogen (secondary N) is 1. The van der Waals surface area contributed by atoms with Crippen LogP contribution >= 0.6 is 0 Å². The molecule has 112 valence electrons. The number of rotatable bonds is 7. The number of aliphatic hydroxyl groups is 1. The smallest absolute Gasteiger partial charge is 0.165 e. The third kappa shape index (κ3) is 4.12. The standard InChI is InChI=1S/C16H25NO3/c1-16(2,7-4-8-18)12-17-11-13-5-3-6-14-15(13)20-10-9-19-14/h3,5-6,17-18H,4,7-12H2,1-2H3. The van der Waals surface area contributed by atoms with E-state index in [4.69, 9.17) is 14.6 Å². The summed E-state index contributed by atoms with van der Waals surface area (Å²) in [5, 5.41) is 12.4.